The van der Waals surface area contributed by atoms with E-state index in [1.807, 2.05) is 12.5 Å². The average molecular weight is 249 g/mol. The molecule has 2 N–H and O–H groups in total. The SMILES string of the molecule is CSCCC(=O)CC(N)CC(=O)CSC. The van der Waals surface area contributed by atoms with Crippen LogP contribution in [0.3, 0.4) is 0 Å². The largest absolute Gasteiger partial charge is 0.327 e. The summed E-state index contributed by atoms with van der Waals surface area (Å²) in [5.74, 6) is 1.62. The standard InChI is InChI=1S/C10H19NO2S2/c1-14-4-3-9(12)5-8(11)6-10(13)7-15-2/h8H,3-7,11H2,1-2H3. The fraction of sp³-hybridized carbons (Fsp3) is 0.800. The Morgan fingerprint density at radius 1 is 1.13 bits per heavy atom. The highest BCUT2D eigenvalue weighted by Crippen LogP contribution is 2.05. The number of thioether (sulfide) groups is 2. The second-order valence-corrected chi connectivity index (χ2v) is 5.27. The normalized spacial score (nSPS) is 12.5. The van der Waals surface area contributed by atoms with Crippen LogP contribution in [0.4, 0.5) is 0 Å². The minimum atomic E-state index is -0.293. The van der Waals surface area contributed by atoms with Crippen LogP contribution in [0.15, 0.2) is 0 Å². The van der Waals surface area contributed by atoms with Crippen LogP contribution in [-0.2, 0) is 9.59 Å². The van der Waals surface area contributed by atoms with Gasteiger partial charge in [-0.25, -0.2) is 0 Å². The first-order valence-electron chi connectivity index (χ1n) is 4.87. The Balaban J connectivity index is 3.67. The number of rotatable bonds is 9. The van der Waals surface area contributed by atoms with Crippen LogP contribution < -0.4 is 5.73 Å². The Morgan fingerprint density at radius 3 is 2.27 bits per heavy atom. The molecule has 0 amide bonds. The van der Waals surface area contributed by atoms with Crippen molar-refractivity contribution >= 4 is 35.1 Å². The van der Waals surface area contributed by atoms with Crippen LogP contribution >= 0.6 is 23.5 Å². The number of ketones is 2. The molecule has 0 radical (unpaired) electrons. The highest BCUT2D eigenvalue weighted by Gasteiger charge is 2.12. The minimum Gasteiger partial charge on any atom is -0.327 e. The summed E-state index contributed by atoms with van der Waals surface area (Å²) in [5.41, 5.74) is 5.72. The Kier molecular flexibility index (Phi) is 9.24. The third kappa shape index (κ3) is 8.96. The van der Waals surface area contributed by atoms with E-state index in [2.05, 4.69) is 0 Å². The smallest absolute Gasteiger partial charge is 0.144 e. The summed E-state index contributed by atoms with van der Waals surface area (Å²) >= 11 is 3.14. The fourth-order valence-corrected chi connectivity index (χ4v) is 2.07. The summed E-state index contributed by atoms with van der Waals surface area (Å²) in [6.07, 6.45) is 5.07. The number of nitrogens with two attached hydrogens (primary N) is 1. The van der Waals surface area contributed by atoms with Crippen molar-refractivity contribution in [3.05, 3.63) is 0 Å². The van der Waals surface area contributed by atoms with Crippen molar-refractivity contribution in [2.45, 2.75) is 25.3 Å². The van der Waals surface area contributed by atoms with E-state index in [-0.39, 0.29) is 17.6 Å². The van der Waals surface area contributed by atoms with Crippen LogP contribution in [0, 0.1) is 0 Å². The molecule has 15 heavy (non-hydrogen) atoms. The van der Waals surface area contributed by atoms with Crippen molar-refractivity contribution in [3.63, 3.8) is 0 Å². The number of carbonyl (C=O) groups excluding carboxylic acids is 2. The van der Waals surface area contributed by atoms with Gasteiger partial charge in [-0.05, 0) is 18.3 Å². The van der Waals surface area contributed by atoms with Crippen molar-refractivity contribution in [1.29, 1.82) is 0 Å². The lowest BCUT2D eigenvalue weighted by atomic mass is 10.0. The van der Waals surface area contributed by atoms with E-state index in [0.717, 1.165) is 5.75 Å². The van der Waals surface area contributed by atoms with Crippen LogP contribution in [0.5, 0.6) is 0 Å². The highest BCUT2D eigenvalue weighted by atomic mass is 32.2. The van der Waals surface area contributed by atoms with E-state index < -0.39 is 0 Å². The molecule has 0 bridgehead atoms. The lowest BCUT2D eigenvalue weighted by Crippen LogP contribution is -2.27. The molecule has 1 unspecified atom stereocenters. The predicted molar refractivity (Wildman–Crippen MR) is 68.6 cm³/mol. The van der Waals surface area contributed by atoms with Gasteiger partial charge in [0.05, 0.1) is 5.75 Å². The van der Waals surface area contributed by atoms with Gasteiger partial charge in [0.2, 0.25) is 0 Å². The first-order chi connectivity index (χ1) is 7.10. The molecule has 0 saturated carbocycles. The van der Waals surface area contributed by atoms with E-state index in [1.54, 1.807) is 11.8 Å². The molecule has 0 aromatic carbocycles. The van der Waals surface area contributed by atoms with Gasteiger partial charge in [0.1, 0.15) is 11.6 Å². The van der Waals surface area contributed by atoms with Crippen molar-refractivity contribution in [2.24, 2.45) is 5.73 Å². The summed E-state index contributed by atoms with van der Waals surface area (Å²) in [6.45, 7) is 0. The maximum Gasteiger partial charge on any atom is 0.144 e. The molecule has 0 aromatic rings. The lowest BCUT2D eigenvalue weighted by molar-refractivity contribution is -0.119. The molecule has 0 rings (SSSR count). The van der Waals surface area contributed by atoms with Gasteiger partial charge < -0.3 is 5.73 Å². The number of hydrogen-bond acceptors (Lipinski definition) is 5. The molecule has 1 atom stereocenters. The molecule has 88 valence electrons. The Morgan fingerprint density at radius 2 is 1.73 bits per heavy atom. The first-order valence-corrected chi connectivity index (χ1v) is 7.65. The zero-order valence-corrected chi connectivity index (χ0v) is 11.0. The summed E-state index contributed by atoms with van der Waals surface area (Å²) in [7, 11) is 0. The van der Waals surface area contributed by atoms with E-state index in [0.29, 0.717) is 25.0 Å². The van der Waals surface area contributed by atoms with Crippen LogP contribution in [-0.4, -0.2) is 41.6 Å². The lowest BCUT2D eigenvalue weighted by Gasteiger charge is -2.09. The third-order valence-electron chi connectivity index (χ3n) is 1.87. The van der Waals surface area contributed by atoms with E-state index in [4.69, 9.17) is 5.73 Å². The van der Waals surface area contributed by atoms with Gasteiger partial charge in [-0.15, -0.1) is 0 Å². The average Bonchev–Trinajstić information content (AvgIpc) is 2.14. The third-order valence-corrected chi connectivity index (χ3v) is 3.09. The molecule has 0 fully saturated rings. The summed E-state index contributed by atoms with van der Waals surface area (Å²) in [5, 5.41) is 0. The van der Waals surface area contributed by atoms with Gasteiger partial charge in [-0.2, -0.15) is 23.5 Å². The molecule has 0 saturated heterocycles. The van der Waals surface area contributed by atoms with Crippen molar-refractivity contribution < 1.29 is 9.59 Å². The minimum absolute atomic E-state index is 0.132. The zero-order chi connectivity index (χ0) is 11.7. The second-order valence-electron chi connectivity index (χ2n) is 3.42. The van der Waals surface area contributed by atoms with Gasteiger partial charge in [0.25, 0.3) is 0 Å². The maximum absolute atomic E-state index is 11.3. The Bertz CT molecular complexity index is 210. The first kappa shape index (κ1) is 15.0. The Labute approximate surface area is 99.9 Å². The summed E-state index contributed by atoms with van der Waals surface area (Å²) < 4.78 is 0. The quantitative estimate of drug-likeness (QED) is 0.668. The molecule has 5 heteroatoms. The van der Waals surface area contributed by atoms with Crippen molar-refractivity contribution in [1.82, 2.24) is 0 Å². The number of Topliss-reactive ketones (excluding diaryl/α,β-unsaturated/α-hetero) is 2. The van der Waals surface area contributed by atoms with E-state index in [1.165, 1.54) is 11.8 Å². The molecule has 0 aliphatic heterocycles. The zero-order valence-electron chi connectivity index (χ0n) is 9.32. The fourth-order valence-electron chi connectivity index (χ4n) is 1.19. The van der Waals surface area contributed by atoms with Crippen LogP contribution in [0.2, 0.25) is 0 Å². The molecule has 3 nitrogen and oxygen atoms in total. The molecule has 0 aliphatic carbocycles. The number of hydrogen-bond donors (Lipinski definition) is 1. The predicted octanol–water partition coefficient (Wildman–Crippen LogP) is 1.35. The summed E-state index contributed by atoms with van der Waals surface area (Å²) in [4.78, 5) is 22.6. The monoisotopic (exact) mass is 249 g/mol. The highest BCUT2D eigenvalue weighted by molar-refractivity contribution is 7.99. The van der Waals surface area contributed by atoms with Gasteiger partial charge >= 0.3 is 0 Å². The van der Waals surface area contributed by atoms with E-state index in [9.17, 15) is 9.59 Å². The Hall–Kier alpha value is -0.000000000000000111. The van der Waals surface area contributed by atoms with Gasteiger partial charge in [0, 0.05) is 25.3 Å². The van der Waals surface area contributed by atoms with Gasteiger partial charge in [-0.1, -0.05) is 0 Å². The maximum atomic E-state index is 11.3. The van der Waals surface area contributed by atoms with E-state index >= 15 is 0 Å². The topological polar surface area (TPSA) is 60.2 Å². The molecular formula is C10H19NO2S2. The van der Waals surface area contributed by atoms with Gasteiger partial charge in [-0.3, -0.25) is 9.59 Å². The van der Waals surface area contributed by atoms with Crippen molar-refractivity contribution in [2.75, 3.05) is 24.0 Å². The second kappa shape index (κ2) is 9.24. The van der Waals surface area contributed by atoms with Crippen molar-refractivity contribution in [3.8, 4) is 0 Å². The molecule has 0 aromatic heterocycles. The number of carbonyl (C=O) groups is 2. The molecule has 0 aliphatic rings. The summed E-state index contributed by atoms with van der Waals surface area (Å²) in [6, 6.07) is -0.293. The van der Waals surface area contributed by atoms with Crippen LogP contribution in [0.25, 0.3) is 0 Å². The van der Waals surface area contributed by atoms with Crippen LogP contribution in [0.1, 0.15) is 19.3 Å². The molecular weight excluding hydrogens is 230 g/mol. The molecule has 0 spiro atoms. The molecule has 0 heterocycles. The van der Waals surface area contributed by atoms with Gasteiger partial charge in [0.15, 0.2) is 0 Å².